The second-order valence-corrected chi connectivity index (χ2v) is 5.09. The molecule has 0 fully saturated rings. The summed E-state index contributed by atoms with van der Waals surface area (Å²) >= 11 is 3.43. The first-order valence-corrected chi connectivity index (χ1v) is 7.13. The number of hydrogen-bond acceptors (Lipinski definition) is 3. The van der Waals surface area contributed by atoms with E-state index in [9.17, 15) is 0 Å². The van der Waals surface area contributed by atoms with Gasteiger partial charge in [0.15, 0.2) is 0 Å². The predicted molar refractivity (Wildman–Crippen MR) is 80.2 cm³/mol. The third-order valence-electron chi connectivity index (χ3n) is 2.63. The largest absolute Gasteiger partial charge is 0.478 e. The van der Waals surface area contributed by atoms with Crippen LogP contribution in [0.1, 0.15) is 12.0 Å². The average molecular weight is 321 g/mol. The van der Waals surface area contributed by atoms with Crippen molar-refractivity contribution in [3.63, 3.8) is 0 Å². The van der Waals surface area contributed by atoms with Crippen molar-refractivity contribution in [3.05, 3.63) is 58.7 Å². The van der Waals surface area contributed by atoms with Gasteiger partial charge in [-0.25, -0.2) is 4.98 Å². The van der Waals surface area contributed by atoms with Gasteiger partial charge in [0.25, 0.3) is 0 Å². The van der Waals surface area contributed by atoms with Gasteiger partial charge in [0.2, 0.25) is 5.88 Å². The molecule has 3 nitrogen and oxygen atoms in total. The first kappa shape index (κ1) is 14.0. The molecule has 19 heavy (non-hydrogen) atoms. The van der Waals surface area contributed by atoms with E-state index in [4.69, 9.17) is 4.74 Å². The molecule has 0 unspecified atom stereocenters. The highest BCUT2D eigenvalue weighted by atomic mass is 79.9. The molecule has 1 aromatic heterocycles. The number of ether oxygens (including phenoxy) is 1. The lowest BCUT2D eigenvalue weighted by molar-refractivity contribution is 0.296. The second kappa shape index (κ2) is 7.92. The molecule has 2 aromatic rings. The zero-order valence-electron chi connectivity index (χ0n) is 10.7. The summed E-state index contributed by atoms with van der Waals surface area (Å²) in [6.07, 6.45) is 2.70. The molecule has 100 valence electrons. The van der Waals surface area contributed by atoms with Crippen LogP contribution in [0.5, 0.6) is 5.88 Å². The maximum atomic E-state index is 5.52. The topological polar surface area (TPSA) is 34.1 Å². The normalized spacial score (nSPS) is 10.4. The van der Waals surface area contributed by atoms with Crippen LogP contribution in [0.3, 0.4) is 0 Å². The smallest absolute Gasteiger partial charge is 0.213 e. The van der Waals surface area contributed by atoms with E-state index in [1.807, 2.05) is 18.2 Å². The quantitative estimate of drug-likeness (QED) is 0.794. The fourth-order valence-electron chi connectivity index (χ4n) is 1.64. The van der Waals surface area contributed by atoms with Crippen molar-refractivity contribution in [2.45, 2.75) is 13.0 Å². The molecule has 0 amide bonds. The van der Waals surface area contributed by atoms with Gasteiger partial charge < -0.3 is 10.1 Å². The summed E-state index contributed by atoms with van der Waals surface area (Å²) in [6, 6.07) is 14.0. The highest BCUT2D eigenvalue weighted by molar-refractivity contribution is 9.10. The van der Waals surface area contributed by atoms with Gasteiger partial charge in [-0.05, 0) is 36.7 Å². The predicted octanol–water partition coefficient (Wildman–Crippen LogP) is 3.40. The lowest BCUT2D eigenvalue weighted by atomic mass is 10.2. The summed E-state index contributed by atoms with van der Waals surface area (Å²) in [5.41, 5.74) is 1.29. The van der Waals surface area contributed by atoms with Gasteiger partial charge >= 0.3 is 0 Å². The monoisotopic (exact) mass is 320 g/mol. The molecule has 0 saturated carbocycles. The van der Waals surface area contributed by atoms with Gasteiger partial charge in [-0.3, -0.25) is 0 Å². The Morgan fingerprint density at radius 2 is 1.95 bits per heavy atom. The molecule has 1 N–H and O–H groups in total. The number of hydrogen-bond donors (Lipinski definition) is 1. The minimum absolute atomic E-state index is 0.685. The standard InChI is InChI=1S/C15H17BrN2O/c16-14-7-5-13(6-8-14)12-17-9-3-11-19-15-4-1-2-10-18-15/h1-2,4-8,10,17H,3,9,11-12H2. The van der Waals surface area contributed by atoms with Crippen molar-refractivity contribution < 1.29 is 4.74 Å². The molecule has 0 aliphatic carbocycles. The molecule has 0 aliphatic rings. The summed E-state index contributed by atoms with van der Waals surface area (Å²) in [5.74, 6) is 0.690. The second-order valence-electron chi connectivity index (χ2n) is 4.17. The number of pyridine rings is 1. The maximum absolute atomic E-state index is 5.52. The first-order chi connectivity index (χ1) is 9.34. The number of aromatic nitrogens is 1. The van der Waals surface area contributed by atoms with Gasteiger partial charge in [-0.2, -0.15) is 0 Å². The van der Waals surface area contributed by atoms with Crippen LogP contribution in [-0.2, 0) is 6.54 Å². The molecule has 0 bridgehead atoms. The van der Waals surface area contributed by atoms with Gasteiger partial charge in [0.1, 0.15) is 0 Å². The van der Waals surface area contributed by atoms with E-state index < -0.39 is 0 Å². The van der Waals surface area contributed by atoms with Crippen LogP contribution in [0, 0.1) is 0 Å². The Labute approximate surface area is 122 Å². The van der Waals surface area contributed by atoms with Crippen LogP contribution < -0.4 is 10.1 Å². The first-order valence-electron chi connectivity index (χ1n) is 6.33. The van der Waals surface area contributed by atoms with Crippen molar-refractivity contribution >= 4 is 15.9 Å². The maximum Gasteiger partial charge on any atom is 0.213 e. The Morgan fingerprint density at radius 3 is 2.68 bits per heavy atom. The van der Waals surface area contributed by atoms with Crippen LogP contribution >= 0.6 is 15.9 Å². The van der Waals surface area contributed by atoms with Crippen molar-refractivity contribution in [1.82, 2.24) is 10.3 Å². The minimum atomic E-state index is 0.685. The number of rotatable bonds is 7. The summed E-state index contributed by atoms with van der Waals surface area (Å²) in [6.45, 7) is 2.50. The SMILES string of the molecule is Brc1ccc(CNCCCOc2ccccn2)cc1. The number of benzene rings is 1. The molecule has 0 radical (unpaired) electrons. The van der Waals surface area contributed by atoms with Crippen molar-refractivity contribution in [2.24, 2.45) is 0 Å². The fraction of sp³-hybridized carbons (Fsp3) is 0.267. The Kier molecular flexibility index (Phi) is 5.85. The van der Waals surface area contributed by atoms with Crippen molar-refractivity contribution in [1.29, 1.82) is 0 Å². The van der Waals surface area contributed by atoms with Gasteiger partial charge in [0.05, 0.1) is 6.61 Å². The number of halogens is 1. The van der Waals surface area contributed by atoms with Gasteiger partial charge in [0, 0.05) is 23.3 Å². The van der Waals surface area contributed by atoms with Crippen LogP contribution in [0.4, 0.5) is 0 Å². The summed E-state index contributed by atoms with van der Waals surface area (Å²) in [7, 11) is 0. The molecule has 0 spiro atoms. The molecule has 1 heterocycles. The lowest BCUT2D eigenvalue weighted by Crippen LogP contribution is -2.17. The number of nitrogens with zero attached hydrogens (tertiary/aromatic N) is 1. The molecule has 2 rings (SSSR count). The number of nitrogens with one attached hydrogen (secondary N) is 1. The molecule has 1 aromatic carbocycles. The highest BCUT2D eigenvalue weighted by Crippen LogP contribution is 2.10. The third kappa shape index (κ3) is 5.41. The van der Waals surface area contributed by atoms with E-state index in [0.717, 1.165) is 24.0 Å². The molecular formula is C15H17BrN2O. The molecule has 0 aliphatic heterocycles. The molecule has 0 atom stereocenters. The van der Waals surface area contributed by atoms with Gasteiger partial charge in [-0.15, -0.1) is 0 Å². The minimum Gasteiger partial charge on any atom is -0.478 e. The van der Waals surface area contributed by atoms with E-state index in [2.05, 4.69) is 50.5 Å². The van der Waals surface area contributed by atoms with Crippen LogP contribution in [0.15, 0.2) is 53.1 Å². The van der Waals surface area contributed by atoms with E-state index >= 15 is 0 Å². The Bertz CT molecular complexity index is 473. The molecule has 0 saturated heterocycles. The fourth-order valence-corrected chi connectivity index (χ4v) is 1.91. The zero-order valence-corrected chi connectivity index (χ0v) is 12.3. The third-order valence-corrected chi connectivity index (χ3v) is 3.16. The van der Waals surface area contributed by atoms with Gasteiger partial charge in [-0.1, -0.05) is 34.1 Å². The van der Waals surface area contributed by atoms with Crippen LogP contribution in [-0.4, -0.2) is 18.1 Å². The Hall–Kier alpha value is -1.39. The lowest BCUT2D eigenvalue weighted by Gasteiger charge is -2.06. The van der Waals surface area contributed by atoms with E-state index in [-0.39, 0.29) is 0 Å². The molecule has 4 heteroatoms. The van der Waals surface area contributed by atoms with Crippen molar-refractivity contribution in [2.75, 3.05) is 13.2 Å². The average Bonchev–Trinajstić information content (AvgIpc) is 2.46. The molecular weight excluding hydrogens is 304 g/mol. The Balaban J connectivity index is 1.56. The van der Waals surface area contributed by atoms with E-state index in [1.165, 1.54) is 5.56 Å². The highest BCUT2D eigenvalue weighted by Gasteiger charge is 1.95. The van der Waals surface area contributed by atoms with Crippen LogP contribution in [0.25, 0.3) is 0 Å². The Morgan fingerprint density at radius 1 is 1.11 bits per heavy atom. The van der Waals surface area contributed by atoms with Crippen LogP contribution in [0.2, 0.25) is 0 Å². The summed E-state index contributed by atoms with van der Waals surface area (Å²) < 4.78 is 6.63. The van der Waals surface area contributed by atoms with E-state index in [0.29, 0.717) is 12.5 Å². The summed E-state index contributed by atoms with van der Waals surface area (Å²) in [4.78, 5) is 4.11. The van der Waals surface area contributed by atoms with Crippen molar-refractivity contribution in [3.8, 4) is 5.88 Å². The van der Waals surface area contributed by atoms with E-state index in [1.54, 1.807) is 6.20 Å². The summed E-state index contributed by atoms with van der Waals surface area (Å²) in [5, 5.41) is 3.39. The zero-order chi connectivity index (χ0) is 13.3.